The Morgan fingerprint density at radius 1 is 1.12 bits per heavy atom. The smallest absolute Gasteiger partial charge is 0.308 e. The van der Waals surface area contributed by atoms with E-state index in [1.807, 2.05) is 12.3 Å². The second-order valence-electron chi connectivity index (χ2n) is 8.33. The van der Waals surface area contributed by atoms with Crippen LogP contribution in [0.3, 0.4) is 0 Å². The highest BCUT2D eigenvalue weighted by Gasteiger charge is 2.39. The fourth-order valence-electron chi connectivity index (χ4n) is 4.39. The van der Waals surface area contributed by atoms with Gasteiger partial charge in [0.1, 0.15) is 6.04 Å². The molecule has 1 unspecified atom stereocenters. The minimum Gasteiger partial charge on any atom is -0.466 e. The Morgan fingerprint density at radius 3 is 2.67 bits per heavy atom. The number of piperazine rings is 1. The standard InChI is InChI=1S/C26H29N3O4/c1-3-33-24(30)16-23-26(32)28(13-14-29(23)25(31)19-7-5-4-6-8-19)12-11-20-17-27-22-15-18(2)9-10-21(20)22/h4-10,15,17,23,27H,3,11-14,16H2,1-2H3. The van der Waals surface area contributed by atoms with Gasteiger partial charge in [-0.05, 0) is 49.6 Å². The molecule has 0 radical (unpaired) electrons. The van der Waals surface area contributed by atoms with Crippen LogP contribution < -0.4 is 0 Å². The second-order valence-corrected chi connectivity index (χ2v) is 8.33. The number of ether oxygens (including phenoxy) is 1. The average Bonchev–Trinajstić information content (AvgIpc) is 3.21. The van der Waals surface area contributed by atoms with Gasteiger partial charge in [0.25, 0.3) is 5.91 Å². The summed E-state index contributed by atoms with van der Waals surface area (Å²) in [7, 11) is 0. The van der Waals surface area contributed by atoms with Crippen LogP contribution in [0.2, 0.25) is 0 Å². The Kier molecular flexibility index (Phi) is 6.77. The van der Waals surface area contributed by atoms with Gasteiger partial charge in [-0.15, -0.1) is 0 Å². The van der Waals surface area contributed by atoms with Crippen LogP contribution in [0.25, 0.3) is 10.9 Å². The minimum atomic E-state index is -0.865. The molecule has 33 heavy (non-hydrogen) atoms. The molecule has 0 saturated carbocycles. The molecule has 1 fully saturated rings. The maximum atomic E-state index is 13.4. The molecule has 0 bridgehead atoms. The number of nitrogens with one attached hydrogen (secondary N) is 1. The van der Waals surface area contributed by atoms with Crippen molar-refractivity contribution in [2.24, 2.45) is 0 Å². The zero-order valence-electron chi connectivity index (χ0n) is 19.0. The molecular formula is C26H29N3O4. The highest BCUT2D eigenvalue weighted by molar-refractivity contribution is 5.99. The molecule has 2 aromatic carbocycles. The van der Waals surface area contributed by atoms with E-state index in [0.717, 1.165) is 16.5 Å². The molecule has 7 nitrogen and oxygen atoms in total. The number of carbonyl (C=O) groups excluding carboxylic acids is 3. The summed E-state index contributed by atoms with van der Waals surface area (Å²) in [4.78, 5) is 45.3. The van der Waals surface area contributed by atoms with Crippen molar-refractivity contribution in [2.45, 2.75) is 32.7 Å². The summed E-state index contributed by atoms with van der Waals surface area (Å²) < 4.78 is 5.09. The number of rotatable bonds is 7. The van der Waals surface area contributed by atoms with Crippen LogP contribution in [0.15, 0.2) is 54.7 Å². The number of fused-ring (bicyclic) bond motifs is 1. The maximum Gasteiger partial charge on any atom is 0.308 e. The van der Waals surface area contributed by atoms with E-state index in [-0.39, 0.29) is 24.8 Å². The molecule has 1 atom stereocenters. The summed E-state index contributed by atoms with van der Waals surface area (Å²) in [6.07, 6.45) is 2.53. The fraction of sp³-hybridized carbons (Fsp3) is 0.346. The number of hydrogen-bond donors (Lipinski definition) is 1. The molecule has 1 aliphatic heterocycles. The van der Waals surface area contributed by atoms with E-state index < -0.39 is 12.0 Å². The molecule has 4 rings (SSSR count). The van der Waals surface area contributed by atoms with E-state index in [1.165, 1.54) is 10.5 Å². The lowest BCUT2D eigenvalue weighted by Crippen LogP contribution is -2.59. The van der Waals surface area contributed by atoms with E-state index in [0.29, 0.717) is 31.6 Å². The Balaban J connectivity index is 1.50. The SMILES string of the molecule is CCOC(=O)CC1C(=O)N(CCc2c[nH]c3cc(C)ccc23)CCN1C(=O)c1ccccc1. The molecule has 1 aromatic heterocycles. The first-order valence-electron chi connectivity index (χ1n) is 11.3. The molecule has 1 aliphatic rings. The third-order valence-electron chi connectivity index (χ3n) is 6.10. The number of benzene rings is 2. The predicted molar refractivity (Wildman–Crippen MR) is 126 cm³/mol. The van der Waals surface area contributed by atoms with Gasteiger partial charge in [0, 0.05) is 42.3 Å². The van der Waals surface area contributed by atoms with E-state index in [4.69, 9.17) is 4.74 Å². The van der Waals surface area contributed by atoms with Crippen LogP contribution in [0, 0.1) is 6.92 Å². The van der Waals surface area contributed by atoms with Crippen molar-refractivity contribution in [3.8, 4) is 0 Å². The van der Waals surface area contributed by atoms with Crippen molar-refractivity contribution in [1.29, 1.82) is 0 Å². The summed E-state index contributed by atoms with van der Waals surface area (Å²) in [5.74, 6) is -0.935. The average molecular weight is 448 g/mol. The lowest BCUT2D eigenvalue weighted by molar-refractivity contribution is -0.151. The van der Waals surface area contributed by atoms with Crippen LogP contribution in [0.4, 0.5) is 0 Å². The van der Waals surface area contributed by atoms with Crippen LogP contribution in [-0.2, 0) is 20.7 Å². The lowest BCUT2D eigenvalue weighted by atomic mass is 10.0. The summed E-state index contributed by atoms with van der Waals surface area (Å²) in [6, 6.07) is 14.3. The molecule has 1 N–H and O–H groups in total. The zero-order valence-corrected chi connectivity index (χ0v) is 19.0. The summed E-state index contributed by atoms with van der Waals surface area (Å²) >= 11 is 0. The molecule has 172 valence electrons. The topological polar surface area (TPSA) is 82.7 Å². The quantitative estimate of drug-likeness (QED) is 0.563. The number of H-pyrrole nitrogens is 1. The van der Waals surface area contributed by atoms with Crippen molar-refractivity contribution in [1.82, 2.24) is 14.8 Å². The van der Waals surface area contributed by atoms with Gasteiger partial charge >= 0.3 is 5.97 Å². The second kappa shape index (κ2) is 9.90. The number of carbonyl (C=O) groups is 3. The van der Waals surface area contributed by atoms with E-state index in [1.54, 1.807) is 36.1 Å². The zero-order chi connectivity index (χ0) is 23.4. The molecule has 7 heteroatoms. The minimum absolute atomic E-state index is 0.145. The first kappa shape index (κ1) is 22.6. The molecule has 3 aromatic rings. The van der Waals surface area contributed by atoms with E-state index in [2.05, 4.69) is 30.1 Å². The Morgan fingerprint density at radius 2 is 1.91 bits per heavy atom. The first-order chi connectivity index (χ1) is 16.0. The van der Waals surface area contributed by atoms with Gasteiger partial charge < -0.3 is 19.5 Å². The van der Waals surface area contributed by atoms with Crippen LogP contribution in [0.5, 0.6) is 0 Å². The Hall–Kier alpha value is -3.61. The Bertz CT molecular complexity index is 1150. The van der Waals surface area contributed by atoms with Gasteiger partial charge in [-0.3, -0.25) is 14.4 Å². The number of nitrogens with zero attached hydrogens (tertiary/aromatic N) is 2. The number of aromatic nitrogens is 1. The van der Waals surface area contributed by atoms with E-state index in [9.17, 15) is 14.4 Å². The summed E-state index contributed by atoms with van der Waals surface area (Å²) in [5.41, 5.74) is 3.91. The summed E-state index contributed by atoms with van der Waals surface area (Å²) in [5, 5.41) is 1.15. The third kappa shape index (κ3) is 4.92. The number of aryl methyl sites for hydroxylation is 1. The molecule has 1 saturated heterocycles. The van der Waals surface area contributed by atoms with Crippen LogP contribution >= 0.6 is 0 Å². The predicted octanol–water partition coefficient (Wildman–Crippen LogP) is 3.33. The number of amides is 2. The van der Waals surface area contributed by atoms with Crippen molar-refractivity contribution < 1.29 is 19.1 Å². The van der Waals surface area contributed by atoms with Gasteiger partial charge in [-0.25, -0.2) is 0 Å². The monoisotopic (exact) mass is 447 g/mol. The highest BCUT2D eigenvalue weighted by Crippen LogP contribution is 2.22. The normalized spacial score (nSPS) is 16.3. The van der Waals surface area contributed by atoms with Crippen molar-refractivity contribution in [2.75, 3.05) is 26.2 Å². The first-order valence-corrected chi connectivity index (χ1v) is 11.3. The van der Waals surface area contributed by atoms with Crippen molar-refractivity contribution in [3.05, 3.63) is 71.4 Å². The van der Waals surface area contributed by atoms with E-state index >= 15 is 0 Å². The summed E-state index contributed by atoms with van der Waals surface area (Å²) in [6.45, 7) is 5.33. The van der Waals surface area contributed by atoms with Gasteiger partial charge in [-0.2, -0.15) is 0 Å². The molecule has 0 aliphatic carbocycles. The number of hydrogen-bond acceptors (Lipinski definition) is 4. The molecule has 2 heterocycles. The maximum absolute atomic E-state index is 13.4. The van der Waals surface area contributed by atoms with Crippen molar-refractivity contribution in [3.63, 3.8) is 0 Å². The number of aromatic amines is 1. The van der Waals surface area contributed by atoms with Gasteiger partial charge in [0.05, 0.1) is 13.0 Å². The van der Waals surface area contributed by atoms with Crippen molar-refractivity contribution >= 4 is 28.7 Å². The number of esters is 1. The third-order valence-corrected chi connectivity index (χ3v) is 6.10. The molecule has 2 amide bonds. The highest BCUT2D eigenvalue weighted by atomic mass is 16.5. The van der Waals surface area contributed by atoms with Crippen LogP contribution in [0.1, 0.15) is 34.8 Å². The fourth-order valence-corrected chi connectivity index (χ4v) is 4.39. The molecular weight excluding hydrogens is 418 g/mol. The van der Waals surface area contributed by atoms with Gasteiger partial charge in [0.2, 0.25) is 5.91 Å². The largest absolute Gasteiger partial charge is 0.466 e. The van der Waals surface area contributed by atoms with Crippen LogP contribution in [-0.4, -0.2) is 64.9 Å². The molecule has 0 spiro atoms. The van der Waals surface area contributed by atoms with Gasteiger partial charge in [-0.1, -0.05) is 30.3 Å². The van der Waals surface area contributed by atoms with Gasteiger partial charge in [0.15, 0.2) is 0 Å². The Labute approximate surface area is 193 Å². The lowest BCUT2D eigenvalue weighted by Gasteiger charge is -2.40.